The number of ether oxygens (including phenoxy) is 1. The van der Waals surface area contributed by atoms with Gasteiger partial charge in [0.15, 0.2) is 11.6 Å². The van der Waals surface area contributed by atoms with Crippen molar-refractivity contribution in [2.45, 2.75) is 33.0 Å². The van der Waals surface area contributed by atoms with Crippen LogP contribution < -0.4 is 15.4 Å². The lowest BCUT2D eigenvalue weighted by Gasteiger charge is -2.11. The van der Waals surface area contributed by atoms with Gasteiger partial charge in [-0.05, 0) is 47.9 Å². The van der Waals surface area contributed by atoms with Crippen LogP contribution in [-0.4, -0.2) is 37.2 Å². The van der Waals surface area contributed by atoms with Crippen LogP contribution in [0.3, 0.4) is 0 Å². The van der Waals surface area contributed by atoms with Gasteiger partial charge in [-0.25, -0.2) is 0 Å². The molecule has 0 atom stereocenters. The second kappa shape index (κ2) is 9.70. The maximum atomic E-state index is 12.7. The van der Waals surface area contributed by atoms with E-state index in [0.29, 0.717) is 37.6 Å². The Morgan fingerprint density at radius 1 is 1.06 bits per heavy atom. The fourth-order valence-electron chi connectivity index (χ4n) is 4.00. The van der Waals surface area contributed by atoms with Gasteiger partial charge < -0.3 is 19.9 Å². The zero-order valence-electron chi connectivity index (χ0n) is 18.9. The number of nitrogens with one attached hydrogen (secondary N) is 2. The minimum absolute atomic E-state index is 0.124. The molecule has 0 saturated carbocycles. The summed E-state index contributed by atoms with van der Waals surface area (Å²) in [6, 6.07) is 11.3. The van der Waals surface area contributed by atoms with Crippen LogP contribution in [0.4, 0.5) is 5.69 Å². The highest BCUT2D eigenvalue weighted by Gasteiger charge is 2.20. The molecule has 1 aliphatic rings. The number of nitrogens with zero attached hydrogens (tertiary/aromatic N) is 5. The molecule has 2 N–H and O–H groups in total. The van der Waals surface area contributed by atoms with Gasteiger partial charge in [-0.15, -0.1) is 10.2 Å². The summed E-state index contributed by atoms with van der Waals surface area (Å²) in [4.78, 5) is 21.0. The molecule has 0 spiro atoms. The number of aromatic nitrogens is 5. The molecule has 0 fully saturated rings. The van der Waals surface area contributed by atoms with E-state index >= 15 is 0 Å². The van der Waals surface area contributed by atoms with Gasteiger partial charge >= 0.3 is 0 Å². The van der Waals surface area contributed by atoms with Crippen LogP contribution in [-0.2, 0) is 26.1 Å². The third-order valence-corrected chi connectivity index (χ3v) is 5.83. The summed E-state index contributed by atoms with van der Waals surface area (Å²) in [5.41, 5.74) is 4.51. The topological polar surface area (TPSA) is 107 Å². The first-order valence-electron chi connectivity index (χ1n) is 11.3. The molecular weight excluding hydrogens is 430 g/mol. The number of carbonyl (C=O) groups excluding carboxylic acids is 1. The van der Waals surface area contributed by atoms with Crippen molar-refractivity contribution < 1.29 is 9.53 Å². The normalized spacial score (nSPS) is 12.1. The number of carbonyl (C=O) groups is 1. The molecule has 172 valence electrons. The zero-order valence-corrected chi connectivity index (χ0v) is 18.9. The summed E-state index contributed by atoms with van der Waals surface area (Å²) in [6.07, 6.45) is 7.89. The van der Waals surface area contributed by atoms with Crippen LogP contribution in [0.2, 0.25) is 0 Å². The van der Waals surface area contributed by atoms with E-state index < -0.39 is 0 Å². The molecule has 0 saturated heterocycles. The molecule has 9 nitrogen and oxygen atoms in total. The number of aryl methyl sites for hydroxylation is 1. The van der Waals surface area contributed by atoms with Crippen LogP contribution >= 0.6 is 0 Å². The number of anilines is 1. The Labute approximate surface area is 197 Å². The standard InChI is InChI=1S/C25H25N7O2/c1-2-17-13-26-8-6-19(17)14-29-25(33)18-4-3-5-20(12-18)28-16-23-30-31-24-21-7-9-27-15-22(21)34-11-10-32(23)24/h3-9,12-13,15,28H,2,10-11,14,16H2,1H3,(H,29,33). The van der Waals surface area contributed by atoms with E-state index in [1.54, 1.807) is 24.7 Å². The van der Waals surface area contributed by atoms with Crippen LogP contribution in [0.15, 0.2) is 61.2 Å². The average Bonchev–Trinajstić information content (AvgIpc) is 3.19. The highest BCUT2D eigenvalue weighted by Crippen LogP contribution is 2.30. The van der Waals surface area contributed by atoms with Crippen molar-refractivity contribution in [1.29, 1.82) is 0 Å². The van der Waals surface area contributed by atoms with Gasteiger partial charge in [0.1, 0.15) is 12.4 Å². The highest BCUT2D eigenvalue weighted by molar-refractivity contribution is 5.95. The predicted octanol–water partition coefficient (Wildman–Crippen LogP) is 3.23. The molecule has 1 aliphatic heterocycles. The van der Waals surface area contributed by atoms with Crippen molar-refractivity contribution in [3.8, 4) is 17.1 Å². The second-order valence-electron chi connectivity index (χ2n) is 7.93. The molecule has 4 heterocycles. The van der Waals surface area contributed by atoms with Gasteiger partial charge in [-0.3, -0.25) is 14.8 Å². The minimum Gasteiger partial charge on any atom is -0.489 e. The Kier molecular flexibility index (Phi) is 6.15. The highest BCUT2D eigenvalue weighted by atomic mass is 16.5. The first-order chi connectivity index (χ1) is 16.7. The maximum Gasteiger partial charge on any atom is 0.251 e. The number of benzene rings is 1. The molecule has 5 rings (SSSR count). The molecule has 1 amide bonds. The van der Waals surface area contributed by atoms with Gasteiger partial charge in [0.05, 0.1) is 24.8 Å². The molecule has 0 unspecified atom stereocenters. The number of amides is 1. The van der Waals surface area contributed by atoms with Crippen molar-refractivity contribution in [2.75, 3.05) is 11.9 Å². The van der Waals surface area contributed by atoms with Gasteiger partial charge in [0, 0.05) is 36.4 Å². The Bertz CT molecular complexity index is 1320. The Morgan fingerprint density at radius 2 is 1.94 bits per heavy atom. The van der Waals surface area contributed by atoms with E-state index in [1.807, 2.05) is 36.5 Å². The van der Waals surface area contributed by atoms with E-state index in [2.05, 4.69) is 42.3 Å². The van der Waals surface area contributed by atoms with E-state index in [0.717, 1.165) is 40.4 Å². The molecule has 34 heavy (non-hydrogen) atoms. The van der Waals surface area contributed by atoms with Crippen LogP contribution in [0, 0.1) is 0 Å². The van der Waals surface area contributed by atoms with E-state index in [1.165, 1.54) is 0 Å². The fraction of sp³-hybridized carbons (Fsp3) is 0.240. The van der Waals surface area contributed by atoms with Gasteiger partial charge in [-0.1, -0.05) is 13.0 Å². The molecule has 0 bridgehead atoms. The van der Waals surface area contributed by atoms with Crippen molar-refractivity contribution in [3.63, 3.8) is 0 Å². The summed E-state index contributed by atoms with van der Waals surface area (Å²) >= 11 is 0. The molecular formula is C25H25N7O2. The van der Waals surface area contributed by atoms with Gasteiger partial charge in [0.25, 0.3) is 5.91 Å². The quantitative estimate of drug-likeness (QED) is 0.441. The maximum absolute atomic E-state index is 12.7. The van der Waals surface area contributed by atoms with E-state index in [4.69, 9.17) is 4.74 Å². The minimum atomic E-state index is -0.124. The lowest BCUT2D eigenvalue weighted by molar-refractivity contribution is 0.0951. The summed E-state index contributed by atoms with van der Waals surface area (Å²) in [7, 11) is 0. The van der Waals surface area contributed by atoms with E-state index in [-0.39, 0.29) is 5.91 Å². The third kappa shape index (κ3) is 4.45. The molecule has 0 radical (unpaired) electrons. The van der Waals surface area contributed by atoms with Gasteiger partial charge in [0.2, 0.25) is 0 Å². The molecule has 9 heteroatoms. The van der Waals surface area contributed by atoms with Crippen LogP contribution in [0.1, 0.15) is 34.2 Å². The number of hydrogen-bond acceptors (Lipinski definition) is 7. The predicted molar refractivity (Wildman–Crippen MR) is 127 cm³/mol. The SMILES string of the molecule is CCc1cnccc1CNC(=O)c1cccc(NCc2nnc3n2CCOc2cnccc2-3)c1. The molecule has 0 aliphatic carbocycles. The summed E-state index contributed by atoms with van der Waals surface area (Å²) < 4.78 is 7.85. The number of fused-ring (bicyclic) bond motifs is 3. The second-order valence-corrected chi connectivity index (χ2v) is 7.93. The first-order valence-corrected chi connectivity index (χ1v) is 11.3. The van der Waals surface area contributed by atoms with Crippen molar-refractivity contribution in [2.24, 2.45) is 0 Å². The number of hydrogen-bond donors (Lipinski definition) is 2. The lowest BCUT2D eigenvalue weighted by Crippen LogP contribution is -2.23. The fourth-order valence-corrected chi connectivity index (χ4v) is 4.00. The zero-order chi connectivity index (χ0) is 23.3. The summed E-state index contributed by atoms with van der Waals surface area (Å²) in [6.45, 7) is 4.17. The number of pyridine rings is 2. The third-order valence-electron chi connectivity index (χ3n) is 5.83. The monoisotopic (exact) mass is 455 g/mol. The average molecular weight is 456 g/mol. The molecule has 4 aromatic rings. The summed E-state index contributed by atoms with van der Waals surface area (Å²) in [5.74, 6) is 2.15. The van der Waals surface area contributed by atoms with Crippen molar-refractivity contribution in [3.05, 3.63) is 83.7 Å². The number of rotatable bonds is 7. The largest absolute Gasteiger partial charge is 0.489 e. The van der Waals surface area contributed by atoms with Crippen LogP contribution in [0.25, 0.3) is 11.4 Å². The van der Waals surface area contributed by atoms with Crippen LogP contribution in [0.5, 0.6) is 5.75 Å². The Morgan fingerprint density at radius 3 is 2.85 bits per heavy atom. The Balaban J connectivity index is 1.26. The lowest BCUT2D eigenvalue weighted by atomic mass is 10.1. The van der Waals surface area contributed by atoms with Gasteiger partial charge in [-0.2, -0.15) is 0 Å². The molecule has 1 aromatic carbocycles. The Hall–Kier alpha value is -4.27. The van der Waals surface area contributed by atoms with Crippen molar-refractivity contribution in [1.82, 2.24) is 30.0 Å². The van der Waals surface area contributed by atoms with E-state index in [9.17, 15) is 4.79 Å². The molecule has 3 aromatic heterocycles. The first kappa shape index (κ1) is 21.6. The smallest absolute Gasteiger partial charge is 0.251 e. The van der Waals surface area contributed by atoms with Crippen molar-refractivity contribution >= 4 is 11.6 Å². The summed E-state index contributed by atoms with van der Waals surface area (Å²) in [5, 5.41) is 15.1.